The molecule has 1 aliphatic carbocycles. The summed E-state index contributed by atoms with van der Waals surface area (Å²) in [6.45, 7) is 3.97. The summed E-state index contributed by atoms with van der Waals surface area (Å²) in [7, 11) is 0. The molecule has 0 radical (unpaired) electrons. The Morgan fingerprint density at radius 2 is 2.20 bits per heavy atom. The molecule has 1 aliphatic rings. The van der Waals surface area contributed by atoms with Crippen molar-refractivity contribution in [2.75, 3.05) is 19.7 Å². The van der Waals surface area contributed by atoms with Gasteiger partial charge >= 0.3 is 5.97 Å². The minimum atomic E-state index is -0.116. The van der Waals surface area contributed by atoms with E-state index in [1.165, 1.54) is 25.7 Å². The van der Waals surface area contributed by atoms with Crippen LogP contribution in [0.3, 0.4) is 0 Å². The van der Waals surface area contributed by atoms with Gasteiger partial charge in [-0.1, -0.05) is 26.2 Å². The number of hydrogen-bond acceptors (Lipinski definition) is 3. The fourth-order valence-corrected chi connectivity index (χ4v) is 1.49. The van der Waals surface area contributed by atoms with Gasteiger partial charge in [0.15, 0.2) is 0 Å². The first-order valence-electron chi connectivity index (χ1n) is 6.19. The van der Waals surface area contributed by atoms with Gasteiger partial charge in [-0.15, -0.1) is 0 Å². The molecule has 3 nitrogen and oxygen atoms in total. The molecule has 15 heavy (non-hydrogen) atoms. The van der Waals surface area contributed by atoms with Crippen molar-refractivity contribution in [3.05, 3.63) is 0 Å². The standard InChI is InChI=1S/C12H23NO2/c1-2-3-9-15-12(14)10-13-8-4-5-11-6-7-11/h11,13H,2-10H2,1H3. The first kappa shape index (κ1) is 12.5. The molecule has 0 saturated heterocycles. The fraction of sp³-hybridized carbons (Fsp3) is 0.917. The summed E-state index contributed by atoms with van der Waals surface area (Å²) in [6.07, 6.45) is 7.37. The third-order valence-corrected chi connectivity index (χ3v) is 2.69. The molecule has 0 aliphatic heterocycles. The van der Waals surface area contributed by atoms with Gasteiger partial charge in [0.2, 0.25) is 0 Å². The molecule has 1 rings (SSSR count). The maximum atomic E-state index is 11.1. The second-order valence-corrected chi connectivity index (χ2v) is 4.34. The average molecular weight is 213 g/mol. The molecule has 0 aromatic carbocycles. The van der Waals surface area contributed by atoms with Gasteiger partial charge in [-0.05, 0) is 31.7 Å². The molecule has 3 heteroatoms. The summed E-state index contributed by atoms with van der Waals surface area (Å²) >= 11 is 0. The first-order valence-corrected chi connectivity index (χ1v) is 6.19. The number of rotatable bonds is 9. The molecular weight excluding hydrogens is 190 g/mol. The van der Waals surface area contributed by atoms with Crippen LogP contribution in [0.1, 0.15) is 45.4 Å². The Labute approximate surface area is 92.6 Å². The van der Waals surface area contributed by atoms with Crippen LogP contribution in [-0.4, -0.2) is 25.7 Å². The van der Waals surface area contributed by atoms with Crippen LogP contribution in [0.4, 0.5) is 0 Å². The Morgan fingerprint density at radius 3 is 2.87 bits per heavy atom. The highest BCUT2D eigenvalue weighted by Crippen LogP contribution is 2.33. The van der Waals surface area contributed by atoms with Crippen molar-refractivity contribution in [3.8, 4) is 0 Å². The highest BCUT2D eigenvalue weighted by Gasteiger charge is 2.19. The van der Waals surface area contributed by atoms with E-state index in [2.05, 4.69) is 12.2 Å². The Hall–Kier alpha value is -0.570. The minimum Gasteiger partial charge on any atom is -0.465 e. The number of unbranched alkanes of at least 4 members (excludes halogenated alkanes) is 1. The van der Waals surface area contributed by atoms with Crippen molar-refractivity contribution < 1.29 is 9.53 Å². The predicted octanol–water partition coefficient (Wildman–Crippen LogP) is 2.11. The van der Waals surface area contributed by atoms with Crippen molar-refractivity contribution in [1.29, 1.82) is 0 Å². The third kappa shape index (κ3) is 7.37. The Morgan fingerprint density at radius 1 is 1.40 bits per heavy atom. The maximum absolute atomic E-state index is 11.1. The number of carbonyl (C=O) groups excluding carboxylic acids is 1. The van der Waals surface area contributed by atoms with E-state index in [4.69, 9.17) is 4.74 Å². The third-order valence-electron chi connectivity index (χ3n) is 2.69. The van der Waals surface area contributed by atoms with Crippen molar-refractivity contribution in [1.82, 2.24) is 5.32 Å². The zero-order valence-corrected chi connectivity index (χ0v) is 9.76. The molecule has 0 aromatic heterocycles. The number of carbonyl (C=O) groups is 1. The zero-order valence-electron chi connectivity index (χ0n) is 9.76. The van der Waals surface area contributed by atoms with Crippen LogP contribution in [0.5, 0.6) is 0 Å². The van der Waals surface area contributed by atoms with Crippen LogP contribution in [0.25, 0.3) is 0 Å². The molecule has 0 atom stereocenters. The van der Waals surface area contributed by atoms with Crippen LogP contribution in [-0.2, 0) is 9.53 Å². The second-order valence-electron chi connectivity index (χ2n) is 4.34. The molecule has 0 amide bonds. The highest BCUT2D eigenvalue weighted by atomic mass is 16.5. The quantitative estimate of drug-likeness (QED) is 0.471. The van der Waals surface area contributed by atoms with Crippen LogP contribution in [0, 0.1) is 5.92 Å². The van der Waals surface area contributed by atoms with E-state index in [0.717, 1.165) is 25.3 Å². The second kappa shape index (κ2) is 7.69. The highest BCUT2D eigenvalue weighted by molar-refractivity contribution is 5.71. The molecule has 0 spiro atoms. The van der Waals surface area contributed by atoms with E-state index < -0.39 is 0 Å². The van der Waals surface area contributed by atoms with Crippen molar-refractivity contribution >= 4 is 5.97 Å². The normalized spacial score (nSPS) is 15.3. The lowest BCUT2D eigenvalue weighted by molar-refractivity contribution is -0.142. The Kier molecular flexibility index (Phi) is 6.41. The van der Waals surface area contributed by atoms with E-state index in [-0.39, 0.29) is 5.97 Å². The van der Waals surface area contributed by atoms with Crippen LogP contribution >= 0.6 is 0 Å². The fourth-order valence-electron chi connectivity index (χ4n) is 1.49. The van der Waals surface area contributed by atoms with Gasteiger partial charge in [-0.3, -0.25) is 4.79 Å². The SMILES string of the molecule is CCCCOC(=O)CNCCCC1CC1. The number of nitrogens with one attached hydrogen (secondary N) is 1. The summed E-state index contributed by atoms with van der Waals surface area (Å²) < 4.78 is 5.02. The molecule has 1 fully saturated rings. The van der Waals surface area contributed by atoms with Gasteiger partial charge in [0.25, 0.3) is 0 Å². The molecule has 0 aromatic rings. The molecule has 0 unspecified atom stereocenters. The smallest absolute Gasteiger partial charge is 0.319 e. The minimum absolute atomic E-state index is 0.116. The zero-order chi connectivity index (χ0) is 10.9. The molecule has 1 saturated carbocycles. The maximum Gasteiger partial charge on any atom is 0.319 e. The van der Waals surface area contributed by atoms with Crippen molar-refractivity contribution in [2.24, 2.45) is 5.92 Å². The van der Waals surface area contributed by atoms with Crippen LogP contribution in [0.2, 0.25) is 0 Å². The van der Waals surface area contributed by atoms with E-state index >= 15 is 0 Å². The molecule has 0 bridgehead atoms. The summed E-state index contributed by atoms with van der Waals surface area (Å²) in [6, 6.07) is 0. The van der Waals surface area contributed by atoms with Gasteiger partial charge in [-0.25, -0.2) is 0 Å². The average Bonchev–Trinajstić information content (AvgIpc) is 3.02. The topological polar surface area (TPSA) is 38.3 Å². The van der Waals surface area contributed by atoms with Gasteiger partial charge in [0.05, 0.1) is 13.2 Å². The van der Waals surface area contributed by atoms with E-state index in [1.807, 2.05) is 0 Å². The number of ether oxygens (including phenoxy) is 1. The first-order chi connectivity index (χ1) is 7.33. The summed E-state index contributed by atoms with van der Waals surface area (Å²) in [5.41, 5.74) is 0. The van der Waals surface area contributed by atoms with E-state index in [9.17, 15) is 4.79 Å². The van der Waals surface area contributed by atoms with Crippen molar-refractivity contribution in [3.63, 3.8) is 0 Å². The summed E-state index contributed by atoms with van der Waals surface area (Å²) in [5, 5.41) is 3.12. The predicted molar refractivity (Wildman–Crippen MR) is 60.7 cm³/mol. The lowest BCUT2D eigenvalue weighted by atomic mass is 10.2. The van der Waals surface area contributed by atoms with Gasteiger partial charge in [0.1, 0.15) is 0 Å². The number of esters is 1. The molecule has 1 N–H and O–H groups in total. The monoisotopic (exact) mass is 213 g/mol. The van der Waals surface area contributed by atoms with Gasteiger partial charge < -0.3 is 10.1 Å². The lowest BCUT2D eigenvalue weighted by Gasteiger charge is -2.05. The Balaban J connectivity index is 1.78. The largest absolute Gasteiger partial charge is 0.465 e. The van der Waals surface area contributed by atoms with Crippen LogP contribution < -0.4 is 5.32 Å². The Bertz CT molecular complexity index is 178. The van der Waals surface area contributed by atoms with E-state index in [1.54, 1.807) is 0 Å². The van der Waals surface area contributed by atoms with Crippen molar-refractivity contribution in [2.45, 2.75) is 45.4 Å². The molecular formula is C12H23NO2. The summed E-state index contributed by atoms with van der Waals surface area (Å²) in [4.78, 5) is 11.1. The van der Waals surface area contributed by atoms with E-state index in [0.29, 0.717) is 13.2 Å². The number of hydrogen-bond donors (Lipinski definition) is 1. The van der Waals surface area contributed by atoms with Crippen LogP contribution in [0.15, 0.2) is 0 Å². The molecule has 88 valence electrons. The molecule has 0 heterocycles. The summed E-state index contributed by atoms with van der Waals surface area (Å²) in [5.74, 6) is 0.873. The van der Waals surface area contributed by atoms with Gasteiger partial charge in [-0.2, -0.15) is 0 Å². The lowest BCUT2D eigenvalue weighted by Crippen LogP contribution is -2.25. The van der Waals surface area contributed by atoms with Gasteiger partial charge in [0, 0.05) is 0 Å².